The molecule has 0 saturated carbocycles. The van der Waals surface area contributed by atoms with Crippen molar-refractivity contribution >= 4 is 5.97 Å². The topological polar surface area (TPSA) is 80.4 Å². The number of nitrogens with one attached hydrogen (secondary N) is 2. The van der Waals surface area contributed by atoms with Gasteiger partial charge in [-0.05, 0) is 37.7 Å². The van der Waals surface area contributed by atoms with Crippen molar-refractivity contribution in [1.29, 1.82) is 0 Å². The zero-order valence-corrected chi connectivity index (χ0v) is 13.2. The number of pyridine rings is 1. The molecule has 6 nitrogen and oxygen atoms in total. The van der Waals surface area contributed by atoms with Crippen molar-refractivity contribution in [3.63, 3.8) is 0 Å². The van der Waals surface area contributed by atoms with Gasteiger partial charge in [0.25, 0.3) is 0 Å². The molecule has 6 heteroatoms. The molecule has 1 aliphatic rings. The molecular formula is C16H24N2O4. The molecule has 22 heavy (non-hydrogen) atoms. The Morgan fingerprint density at radius 1 is 1.32 bits per heavy atom. The summed E-state index contributed by atoms with van der Waals surface area (Å²) < 4.78 is 9.94. The number of rotatable bonds is 6. The predicted octanol–water partition coefficient (Wildman–Crippen LogP) is 1.11. The van der Waals surface area contributed by atoms with Gasteiger partial charge in [0.05, 0.1) is 19.3 Å². The van der Waals surface area contributed by atoms with Gasteiger partial charge in [-0.25, -0.2) is 4.79 Å². The third-order valence-electron chi connectivity index (χ3n) is 4.17. The van der Waals surface area contributed by atoms with Gasteiger partial charge in [-0.2, -0.15) is 0 Å². The van der Waals surface area contributed by atoms with E-state index in [0.717, 1.165) is 32.4 Å². The smallest absolute Gasteiger partial charge is 0.339 e. The zero-order valence-electron chi connectivity index (χ0n) is 13.2. The van der Waals surface area contributed by atoms with Gasteiger partial charge in [-0.1, -0.05) is 0 Å². The molecule has 1 aliphatic heterocycles. The number of esters is 1. The average Bonchev–Trinajstić information content (AvgIpc) is 2.54. The summed E-state index contributed by atoms with van der Waals surface area (Å²) in [6.07, 6.45) is 3.75. The third kappa shape index (κ3) is 4.42. The predicted molar refractivity (Wildman–Crippen MR) is 83.1 cm³/mol. The molecule has 1 aromatic rings. The Morgan fingerprint density at radius 2 is 2.14 bits per heavy atom. The van der Waals surface area contributed by atoms with Crippen LogP contribution in [0.5, 0.6) is 0 Å². The van der Waals surface area contributed by atoms with Crippen LogP contribution in [0.15, 0.2) is 16.9 Å². The summed E-state index contributed by atoms with van der Waals surface area (Å²) in [6.45, 7) is 1.74. The summed E-state index contributed by atoms with van der Waals surface area (Å²) in [6, 6.07) is 3.29. The van der Waals surface area contributed by atoms with Gasteiger partial charge in [0.1, 0.15) is 0 Å². The maximum atomic E-state index is 11.7. The molecule has 0 radical (unpaired) electrons. The van der Waals surface area contributed by atoms with Crippen LogP contribution in [-0.4, -0.2) is 44.4 Å². The van der Waals surface area contributed by atoms with E-state index in [-0.39, 0.29) is 5.56 Å². The number of aryl methyl sites for hydroxylation is 1. The molecule has 2 rings (SSSR count). The van der Waals surface area contributed by atoms with Crippen molar-refractivity contribution < 1.29 is 14.3 Å². The fourth-order valence-corrected chi connectivity index (χ4v) is 2.93. The summed E-state index contributed by atoms with van der Waals surface area (Å²) >= 11 is 0. The molecule has 2 heterocycles. The lowest BCUT2D eigenvalue weighted by molar-refractivity contribution is 0.0598. The van der Waals surface area contributed by atoms with Gasteiger partial charge in [-0.3, -0.25) is 4.79 Å². The number of carbonyl (C=O) groups excluding carboxylic acids is 1. The highest BCUT2D eigenvalue weighted by atomic mass is 16.5. The number of hydrogen-bond donors (Lipinski definition) is 2. The second-order valence-electron chi connectivity index (χ2n) is 5.75. The summed E-state index contributed by atoms with van der Waals surface area (Å²) in [5, 5.41) is 3.51. The highest BCUT2D eigenvalue weighted by Gasteiger charge is 2.21. The summed E-state index contributed by atoms with van der Waals surface area (Å²) in [7, 11) is 3.07. The number of aromatic nitrogens is 1. The van der Waals surface area contributed by atoms with Crippen molar-refractivity contribution in [1.82, 2.24) is 10.3 Å². The first kappa shape index (κ1) is 16.7. The Balaban J connectivity index is 1.93. The Morgan fingerprint density at radius 3 is 2.77 bits per heavy atom. The van der Waals surface area contributed by atoms with Crippen LogP contribution < -0.4 is 10.9 Å². The second kappa shape index (κ2) is 8.10. The molecule has 2 atom stereocenters. The lowest BCUT2D eigenvalue weighted by atomic mass is 9.92. The monoisotopic (exact) mass is 308 g/mol. The number of ether oxygens (including phenoxy) is 2. The van der Waals surface area contributed by atoms with Crippen LogP contribution in [0.3, 0.4) is 0 Å². The molecule has 0 amide bonds. The van der Waals surface area contributed by atoms with Gasteiger partial charge in [-0.15, -0.1) is 0 Å². The van der Waals surface area contributed by atoms with E-state index in [0.29, 0.717) is 29.6 Å². The number of carbonyl (C=O) groups is 1. The first-order valence-corrected chi connectivity index (χ1v) is 7.67. The summed E-state index contributed by atoms with van der Waals surface area (Å²) in [5.41, 5.74) is 0.898. The number of H-pyrrole nitrogens is 1. The van der Waals surface area contributed by atoms with Gasteiger partial charge >= 0.3 is 5.97 Å². The van der Waals surface area contributed by atoms with Crippen molar-refractivity contribution in [3.05, 3.63) is 33.7 Å². The normalized spacial score (nSPS) is 21.5. The third-order valence-corrected chi connectivity index (χ3v) is 4.17. The van der Waals surface area contributed by atoms with Crippen LogP contribution in [0.2, 0.25) is 0 Å². The van der Waals surface area contributed by atoms with Crippen LogP contribution in [0.25, 0.3) is 0 Å². The SMILES string of the molecule is COCC1CCC(CCc2[nH]c(=O)ccc2C(=O)OC)NC1. The molecule has 2 unspecified atom stereocenters. The van der Waals surface area contributed by atoms with E-state index >= 15 is 0 Å². The minimum atomic E-state index is -0.414. The number of piperidine rings is 1. The van der Waals surface area contributed by atoms with Crippen LogP contribution in [0.1, 0.15) is 35.3 Å². The maximum Gasteiger partial charge on any atom is 0.339 e. The Kier molecular flexibility index (Phi) is 6.15. The lowest BCUT2D eigenvalue weighted by Gasteiger charge is -2.29. The fraction of sp³-hybridized carbons (Fsp3) is 0.625. The van der Waals surface area contributed by atoms with Gasteiger partial charge in [0, 0.05) is 31.5 Å². The molecule has 0 bridgehead atoms. The molecule has 0 spiro atoms. The summed E-state index contributed by atoms with van der Waals surface area (Å²) in [5.74, 6) is 0.159. The summed E-state index contributed by atoms with van der Waals surface area (Å²) in [4.78, 5) is 26.0. The molecule has 0 aromatic carbocycles. The van der Waals surface area contributed by atoms with Crippen LogP contribution >= 0.6 is 0 Å². The molecule has 122 valence electrons. The van der Waals surface area contributed by atoms with Gasteiger partial charge < -0.3 is 19.8 Å². The average molecular weight is 308 g/mol. The minimum Gasteiger partial charge on any atom is -0.465 e. The Labute approximate surface area is 130 Å². The first-order chi connectivity index (χ1) is 10.6. The Bertz CT molecular complexity index is 547. The molecule has 2 N–H and O–H groups in total. The van der Waals surface area contributed by atoms with Crippen molar-refractivity contribution in [2.45, 2.75) is 31.7 Å². The first-order valence-electron chi connectivity index (χ1n) is 7.67. The quantitative estimate of drug-likeness (QED) is 0.770. The second-order valence-corrected chi connectivity index (χ2v) is 5.75. The van der Waals surface area contributed by atoms with Crippen LogP contribution in [0.4, 0.5) is 0 Å². The van der Waals surface area contributed by atoms with Crippen molar-refractivity contribution in [3.8, 4) is 0 Å². The van der Waals surface area contributed by atoms with Gasteiger partial charge in [0.2, 0.25) is 5.56 Å². The molecular weight excluding hydrogens is 284 g/mol. The maximum absolute atomic E-state index is 11.7. The van der Waals surface area contributed by atoms with E-state index in [2.05, 4.69) is 10.3 Å². The largest absolute Gasteiger partial charge is 0.465 e. The highest BCUT2D eigenvalue weighted by molar-refractivity contribution is 5.90. The Hall–Kier alpha value is -1.66. The number of methoxy groups -OCH3 is 2. The fourth-order valence-electron chi connectivity index (χ4n) is 2.93. The lowest BCUT2D eigenvalue weighted by Crippen LogP contribution is -2.40. The van der Waals surface area contributed by atoms with Gasteiger partial charge in [0.15, 0.2) is 0 Å². The van der Waals surface area contributed by atoms with Crippen LogP contribution in [-0.2, 0) is 15.9 Å². The zero-order chi connectivity index (χ0) is 15.9. The number of aromatic amines is 1. The van der Waals surface area contributed by atoms with E-state index in [1.54, 1.807) is 7.11 Å². The molecule has 0 aliphatic carbocycles. The van der Waals surface area contributed by atoms with Crippen molar-refractivity contribution in [2.75, 3.05) is 27.4 Å². The van der Waals surface area contributed by atoms with Crippen LogP contribution in [0, 0.1) is 5.92 Å². The standard InChI is InChI=1S/C16H24N2O4/c1-21-10-11-3-4-12(17-9-11)5-7-14-13(16(20)22-2)6-8-15(19)18-14/h6,8,11-12,17H,3-5,7,9-10H2,1-2H3,(H,18,19). The van der Waals surface area contributed by atoms with Crippen molar-refractivity contribution in [2.24, 2.45) is 5.92 Å². The van der Waals surface area contributed by atoms with E-state index in [4.69, 9.17) is 9.47 Å². The van der Waals surface area contributed by atoms with E-state index in [9.17, 15) is 9.59 Å². The molecule has 1 saturated heterocycles. The highest BCUT2D eigenvalue weighted by Crippen LogP contribution is 2.18. The molecule has 1 fully saturated rings. The molecule has 1 aromatic heterocycles. The van der Waals surface area contributed by atoms with E-state index in [1.165, 1.54) is 19.2 Å². The number of hydrogen-bond acceptors (Lipinski definition) is 5. The minimum absolute atomic E-state index is 0.195. The van der Waals surface area contributed by atoms with E-state index in [1.807, 2.05) is 0 Å². The van der Waals surface area contributed by atoms with E-state index < -0.39 is 5.97 Å².